The Morgan fingerprint density at radius 1 is 1.25 bits per heavy atom. The lowest BCUT2D eigenvalue weighted by Crippen LogP contribution is -2.21. The Morgan fingerprint density at radius 3 is 2.38 bits per heavy atom. The average molecular weight is 221 g/mol. The van der Waals surface area contributed by atoms with Crippen molar-refractivity contribution < 1.29 is 4.79 Å². The molecule has 0 fully saturated rings. The number of carbonyl (C=O) groups is 1. The van der Waals surface area contributed by atoms with Gasteiger partial charge >= 0.3 is 0 Å². The number of benzene rings is 1. The number of hydrogen-bond donors (Lipinski definition) is 0. The van der Waals surface area contributed by atoms with Crippen molar-refractivity contribution in [2.24, 2.45) is 0 Å². The fraction of sp³-hybridized carbons (Fsp3) is 0.500. The van der Waals surface area contributed by atoms with E-state index >= 15 is 0 Å². The first-order valence-electron chi connectivity index (χ1n) is 5.85. The van der Waals surface area contributed by atoms with Gasteiger partial charge in [0.25, 0.3) is 0 Å². The van der Waals surface area contributed by atoms with Crippen molar-refractivity contribution in [3.8, 4) is 0 Å². The van der Waals surface area contributed by atoms with Crippen molar-refractivity contribution in [1.29, 1.82) is 0 Å². The van der Waals surface area contributed by atoms with Crippen LogP contribution < -0.4 is 0 Å². The van der Waals surface area contributed by atoms with E-state index in [0.717, 1.165) is 6.42 Å². The second-order valence-corrected chi connectivity index (χ2v) is 3.78. The van der Waals surface area contributed by atoms with Gasteiger partial charge in [-0.3, -0.25) is 4.79 Å². The first-order chi connectivity index (χ1) is 7.59. The van der Waals surface area contributed by atoms with Crippen LogP contribution in [0.5, 0.6) is 0 Å². The van der Waals surface area contributed by atoms with Crippen LogP contribution in [0.3, 0.4) is 0 Å². The molecular weight excluding hydrogens is 198 g/mol. The molecule has 1 amide bonds. The van der Waals surface area contributed by atoms with Crippen LogP contribution in [0.25, 0.3) is 0 Å². The lowest BCUT2D eigenvalue weighted by molar-refractivity contribution is -0.128. The molecule has 90 valence electrons. The predicted octanol–water partition coefficient (Wildman–Crippen LogP) is 3.04. The average Bonchev–Trinajstić information content (AvgIpc) is 2.28. The highest BCUT2D eigenvalue weighted by atomic mass is 16.2. The quantitative estimate of drug-likeness (QED) is 0.768. The topological polar surface area (TPSA) is 20.3 Å². The maximum Gasteiger partial charge on any atom is 0.222 e. The molecule has 1 rings (SSSR count). The lowest BCUT2D eigenvalue weighted by atomic mass is 10.1. The van der Waals surface area contributed by atoms with E-state index in [0.29, 0.717) is 6.42 Å². The van der Waals surface area contributed by atoms with Gasteiger partial charge in [0.05, 0.1) is 0 Å². The summed E-state index contributed by atoms with van der Waals surface area (Å²) in [7, 11) is 3.58. The number of aryl methyl sites for hydroxylation is 2. The zero-order valence-corrected chi connectivity index (χ0v) is 11.1. The SMILES string of the molecule is CC.Cc1cccc(CCC(=O)N(C)C)c1. The molecule has 0 saturated heterocycles. The summed E-state index contributed by atoms with van der Waals surface area (Å²) in [5.41, 5.74) is 2.49. The van der Waals surface area contributed by atoms with E-state index in [1.165, 1.54) is 11.1 Å². The Kier molecular flexibility index (Phi) is 7.27. The molecule has 0 aromatic heterocycles. The van der Waals surface area contributed by atoms with E-state index in [-0.39, 0.29) is 5.91 Å². The summed E-state index contributed by atoms with van der Waals surface area (Å²) in [6.07, 6.45) is 1.43. The van der Waals surface area contributed by atoms with Gasteiger partial charge in [0.15, 0.2) is 0 Å². The molecule has 1 aromatic carbocycles. The van der Waals surface area contributed by atoms with Crippen LogP contribution in [0.2, 0.25) is 0 Å². The fourth-order valence-corrected chi connectivity index (χ4v) is 1.34. The van der Waals surface area contributed by atoms with Crippen molar-refractivity contribution >= 4 is 5.91 Å². The van der Waals surface area contributed by atoms with Crippen LogP contribution in [0.1, 0.15) is 31.4 Å². The van der Waals surface area contributed by atoms with Crippen molar-refractivity contribution in [2.75, 3.05) is 14.1 Å². The maximum atomic E-state index is 11.3. The third-order valence-corrected chi connectivity index (χ3v) is 2.21. The summed E-state index contributed by atoms with van der Waals surface area (Å²) in [6, 6.07) is 8.29. The standard InChI is InChI=1S/C12H17NO.C2H6/c1-10-5-4-6-11(9-10)7-8-12(14)13(2)3;1-2/h4-6,9H,7-8H2,1-3H3;1-2H3. The second kappa shape index (κ2) is 7.91. The number of amides is 1. The Morgan fingerprint density at radius 2 is 1.88 bits per heavy atom. The highest BCUT2D eigenvalue weighted by molar-refractivity contribution is 5.75. The van der Waals surface area contributed by atoms with Gasteiger partial charge in [0.2, 0.25) is 5.91 Å². The second-order valence-electron chi connectivity index (χ2n) is 3.78. The van der Waals surface area contributed by atoms with Crippen molar-refractivity contribution in [2.45, 2.75) is 33.6 Å². The minimum absolute atomic E-state index is 0.187. The van der Waals surface area contributed by atoms with E-state index in [9.17, 15) is 4.79 Å². The fourth-order valence-electron chi connectivity index (χ4n) is 1.34. The summed E-state index contributed by atoms with van der Waals surface area (Å²) in [4.78, 5) is 13.0. The molecule has 0 spiro atoms. The largest absolute Gasteiger partial charge is 0.349 e. The van der Waals surface area contributed by atoms with Crippen LogP contribution in [0, 0.1) is 6.92 Å². The third kappa shape index (κ3) is 5.54. The summed E-state index contributed by atoms with van der Waals surface area (Å²) in [5.74, 6) is 0.187. The Hall–Kier alpha value is -1.31. The molecule has 0 unspecified atom stereocenters. The molecule has 2 heteroatoms. The molecule has 16 heavy (non-hydrogen) atoms. The molecule has 0 heterocycles. The first kappa shape index (κ1) is 14.7. The van der Waals surface area contributed by atoms with Crippen LogP contribution in [0.15, 0.2) is 24.3 Å². The molecule has 0 aliphatic rings. The van der Waals surface area contributed by atoms with E-state index in [2.05, 4.69) is 25.1 Å². The van der Waals surface area contributed by atoms with Crippen LogP contribution in [0.4, 0.5) is 0 Å². The molecule has 2 nitrogen and oxygen atoms in total. The van der Waals surface area contributed by atoms with Crippen LogP contribution >= 0.6 is 0 Å². The lowest BCUT2D eigenvalue weighted by Gasteiger charge is -2.09. The molecule has 1 aromatic rings. The predicted molar refractivity (Wildman–Crippen MR) is 69.5 cm³/mol. The summed E-state index contributed by atoms with van der Waals surface area (Å²) in [6.45, 7) is 6.07. The van der Waals surface area contributed by atoms with Gasteiger partial charge in [-0.1, -0.05) is 43.7 Å². The number of carbonyl (C=O) groups excluding carboxylic acids is 1. The van der Waals surface area contributed by atoms with Crippen LogP contribution in [-0.4, -0.2) is 24.9 Å². The van der Waals surface area contributed by atoms with Crippen molar-refractivity contribution in [1.82, 2.24) is 4.90 Å². The number of hydrogen-bond acceptors (Lipinski definition) is 1. The Labute approximate surface area is 99.3 Å². The first-order valence-corrected chi connectivity index (χ1v) is 5.85. The monoisotopic (exact) mass is 221 g/mol. The summed E-state index contributed by atoms with van der Waals surface area (Å²) < 4.78 is 0. The molecule has 0 saturated carbocycles. The molecule has 0 atom stereocenters. The minimum Gasteiger partial charge on any atom is -0.349 e. The van der Waals surface area contributed by atoms with Gasteiger partial charge in [0.1, 0.15) is 0 Å². The number of rotatable bonds is 3. The van der Waals surface area contributed by atoms with Crippen LogP contribution in [-0.2, 0) is 11.2 Å². The smallest absolute Gasteiger partial charge is 0.222 e. The Balaban J connectivity index is 0.00000106. The van der Waals surface area contributed by atoms with E-state index < -0.39 is 0 Å². The molecular formula is C14H23NO. The van der Waals surface area contributed by atoms with Gasteiger partial charge in [-0.2, -0.15) is 0 Å². The van der Waals surface area contributed by atoms with E-state index in [1.54, 1.807) is 19.0 Å². The van der Waals surface area contributed by atoms with E-state index in [1.807, 2.05) is 19.9 Å². The molecule has 0 N–H and O–H groups in total. The van der Waals surface area contributed by atoms with Gasteiger partial charge in [-0.05, 0) is 18.9 Å². The Bertz CT molecular complexity index is 318. The number of nitrogens with zero attached hydrogens (tertiary/aromatic N) is 1. The zero-order chi connectivity index (χ0) is 12.6. The van der Waals surface area contributed by atoms with Gasteiger partial charge in [0, 0.05) is 20.5 Å². The highest BCUT2D eigenvalue weighted by Gasteiger charge is 2.03. The van der Waals surface area contributed by atoms with Gasteiger partial charge in [-0.15, -0.1) is 0 Å². The third-order valence-electron chi connectivity index (χ3n) is 2.21. The van der Waals surface area contributed by atoms with Gasteiger partial charge in [-0.25, -0.2) is 0 Å². The zero-order valence-electron chi connectivity index (χ0n) is 11.1. The minimum atomic E-state index is 0.187. The highest BCUT2D eigenvalue weighted by Crippen LogP contribution is 2.06. The molecule has 0 aliphatic carbocycles. The molecule has 0 bridgehead atoms. The summed E-state index contributed by atoms with van der Waals surface area (Å²) >= 11 is 0. The normalized spacial score (nSPS) is 9.06. The maximum absolute atomic E-state index is 11.3. The summed E-state index contributed by atoms with van der Waals surface area (Å²) in [5, 5.41) is 0. The molecule has 0 radical (unpaired) electrons. The van der Waals surface area contributed by atoms with Gasteiger partial charge < -0.3 is 4.90 Å². The molecule has 0 aliphatic heterocycles. The van der Waals surface area contributed by atoms with Crippen molar-refractivity contribution in [3.05, 3.63) is 35.4 Å². The van der Waals surface area contributed by atoms with Crippen molar-refractivity contribution in [3.63, 3.8) is 0 Å². The van der Waals surface area contributed by atoms with E-state index in [4.69, 9.17) is 0 Å².